The number of benzene rings is 1. The van der Waals surface area contributed by atoms with Crippen LogP contribution >= 0.6 is 11.3 Å². The summed E-state index contributed by atoms with van der Waals surface area (Å²) in [6.07, 6.45) is 1.92. The Morgan fingerprint density at radius 3 is 2.70 bits per heavy atom. The monoisotopic (exact) mass is 329 g/mol. The quantitative estimate of drug-likeness (QED) is 0.925. The van der Waals surface area contributed by atoms with Crippen LogP contribution in [-0.2, 0) is 10.2 Å². The van der Waals surface area contributed by atoms with Crippen LogP contribution in [0.3, 0.4) is 0 Å². The van der Waals surface area contributed by atoms with E-state index in [0.717, 1.165) is 37.2 Å². The first kappa shape index (κ1) is 16.2. The van der Waals surface area contributed by atoms with E-state index in [1.165, 1.54) is 10.4 Å². The van der Waals surface area contributed by atoms with Gasteiger partial charge in [-0.2, -0.15) is 0 Å². The molecule has 0 spiro atoms. The van der Waals surface area contributed by atoms with E-state index in [-0.39, 0.29) is 11.3 Å². The molecule has 0 radical (unpaired) electrons. The van der Waals surface area contributed by atoms with Gasteiger partial charge in [0.05, 0.1) is 0 Å². The van der Waals surface area contributed by atoms with Gasteiger partial charge in [0, 0.05) is 35.6 Å². The summed E-state index contributed by atoms with van der Waals surface area (Å²) < 4.78 is 5.54. The topological polar surface area (TPSA) is 38.3 Å². The molecule has 1 aliphatic heterocycles. The summed E-state index contributed by atoms with van der Waals surface area (Å²) in [7, 11) is 0. The summed E-state index contributed by atoms with van der Waals surface area (Å²) >= 11 is 1.77. The number of carbonyl (C=O) groups excluding carboxylic acids is 1. The number of hydrogen-bond donors (Lipinski definition) is 1. The largest absolute Gasteiger partial charge is 0.381 e. The molecule has 4 heteroatoms. The minimum Gasteiger partial charge on any atom is -0.381 e. The van der Waals surface area contributed by atoms with Crippen molar-refractivity contribution in [2.45, 2.75) is 32.1 Å². The highest BCUT2D eigenvalue weighted by molar-refractivity contribution is 7.10. The third-order valence-corrected chi connectivity index (χ3v) is 5.82. The lowest BCUT2D eigenvalue weighted by Crippen LogP contribution is -2.44. The predicted octanol–water partition coefficient (Wildman–Crippen LogP) is 3.84. The van der Waals surface area contributed by atoms with Crippen LogP contribution in [0.15, 0.2) is 35.7 Å². The lowest BCUT2D eigenvalue weighted by molar-refractivity contribution is 0.0499. The Morgan fingerprint density at radius 2 is 2.04 bits per heavy atom. The second-order valence-electron chi connectivity index (χ2n) is 6.37. The molecule has 0 bridgehead atoms. The van der Waals surface area contributed by atoms with E-state index in [2.05, 4.69) is 28.9 Å². The fraction of sp³-hybridized carbons (Fsp3) is 0.421. The number of nitrogens with one attached hydrogen (secondary N) is 1. The van der Waals surface area contributed by atoms with Crippen LogP contribution in [0, 0.1) is 13.8 Å². The zero-order valence-corrected chi connectivity index (χ0v) is 14.5. The van der Waals surface area contributed by atoms with Crippen molar-refractivity contribution >= 4 is 17.2 Å². The molecule has 0 unspecified atom stereocenters. The highest BCUT2D eigenvalue weighted by Gasteiger charge is 2.35. The van der Waals surface area contributed by atoms with Crippen molar-refractivity contribution in [2.75, 3.05) is 19.8 Å². The lowest BCUT2D eigenvalue weighted by Gasteiger charge is -2.36. The van der Waals surface area contributed by atoms with Crippen molar-refractivity contribution in [2.24, 2.45) is 0 Å². The van der Waals surface area contributed by atoms with Gasteiger partial charge in [0.1, 0.15) is 0 Å². The summed E-state index contributed by atoms with van der Waals surface area (Å²) in [5.74, 6) is 0.0184. The van der Waals surface area contributed by atoms with Crippen molar-refractivity contribution in [1.29, 1.82) is 0 Å². The minimum atomic E-state index is 0.0146. The molecule has 1 saturated heterocycles. The van der Waals surface area contributed by atoms with Crippen molar-refractivity contribution in [3.05, 3.63) is 57.3 Å². The van der Waals surface area contributed by atoms with Crippen molar-refractivity contribution in [3.63, 3.8) is 0 Å². The van der Waals surface area contributed by atoms with Gasteiger partial charge in [-0.1, -0.05) is 23.8 Å². The zero-order valence-electron chi connectivity index (χ0n) is 13.7. The number of amides is 1. The van der Waals surface area contributed by atoms with Gasteiger partial charge in [-0.25, -0.2) is 0 Å². The van der Waals surface area contributed by atoms with Gasteiger partial charge in [-0.3, -0.25) is 4.79 Å². The zero-order chi connectivity index (χ0) is 16.3. The molecule has 1 amide bonds. The van der Waals surface area contributed by atoms with Gasteiger partial charge in [-0.05, 0) is 49.8 Å². The van der Waals surface area contributed by atoms with Crippen LogP contribution in [0.2, 0.25) is 0 Å². The van der Waals surface area contributed by atoms with Gasteiger partial charge in [0.15, 0.2) is 0 Å². The van der Waals surface area contributed by atoms with Crippen molar-refractivity contribution < 1.29 is 9.53 Å². The Labute approximate surface area is 141 Å². The van der Waals surface area contributed by atoms with Crippen LogP contribution in [0.4, 0.5) is 0 Å². The van der Waals surface area contributed by atoms with E-state index in [0.29, 0.717) is 6.54 Å². The molecule has 0 aliphatic carbocycles. The lowest BCUT2D eigenvalue weighted by atomic mass is 9.78. The van der Waals surface area contributed by atoms with Crippen LogP contribution in [0.1, 0.15) is 39.2 Å². The molecule has 1 aromatic carbocycles. The van der Waals surface area contributed by atoms with E-state index >= 15 is 0 Å². The van der Waals surface area contributed by atoms with Crippen LogP contribution in [-0.4, -0.2) is 25.7 Å². The summed E-state index contributed by atoms with van der Waals surface area (Å²) in [5.41, 5.74) is 2.99. The van der Waals surface area contributed by atoms with Gasteiger partial charge in [0.2, 0.25) is 0 Å². The molecule has 0 atom stereocenters. The number of hydrogen-bond acceptors (Lipinski definition) is 3. The average Bonchev–Trinajstić information content (AvgIpc) is 3.09. The second kappa shape index (κ2) is 6.85. The SMILES string of the molecule is Cc1ccc(C(=O)NCC2(c3cccs3)CCOCC2)c(C)c1. The Balaban J connectivity index is 1.75. The van der Waals surface area contributed by atoms with E-state index in [1.54, 1.807) is 11.3 Å². The average molecular weight is 329 g/mol. The van der Waals surface area contributed by atoms with Crippen LogP contribution in [0.5, 0.6) is 0 Å². The summed E-state index contributed by atoms with van der Waals surface area (Å²) in [6.45, 7) is 6.23. The van der Waals surface area contributed by atoms with E-state index in [1.807, 2.05) is 26.0 Å². The first-order valence-corrected chi connectivity index (χ1v) is 8.96. The van der Waals surface area contributed by atoms with E-state index < -0.39 is 0 Å². The van der Waals surface area contributed by atoms with Crippen molar-refractivity contribution in [1.82, 2.24) is 5.32 Å². The predicted molar refractivity (Wildman–Crippen MR) is 94.3 cm³/mol. The summed E-state index contributed by atoms with van der Waals surface area (Å²) in [5, 5.41) is 5.28. The molecule has 1 aliphatic rings. The third kappa shape index (κ3) is 3.48. The molecule has 3 rings (SSSR count). The molecule has 1 aromatic heterocycles. The standard InChI is InChI=1S/C19H23NO2S/c1-14-5-6-16(15(2)12-14)18(21)20-13-19(7-9-22-10-8-19)17-4-3-11-23-17/h3-6,11-12H,7-10,13H2,1-2H3,(H,20,21). The van der Waals surface area contributed by atoms with Crippen molar-refractivity contribution in [3.8, 4) is 0 Å². The number of thiophene rings is 1. The molecule has 0 saturated carbocycles. The number of carbonyl (C=O) groups is 1. The molecule has 122 valence electrons. The van der Waals surface area contributed by atoms with Gasteiger partial charge < -0.3 is 10.1 Å². The highest BCUT2D eigenvalue weighted by atomic mass is 32.1. The highest BCUT2D eigenvalue weighted by Crippen LogP contribution is 2.37. The van der Waals surface area contributed by atoms with E-state index in [4.69, 9.17) is 4.74 Å². The minimum absolute atomic E-state index is 0.0146. The number of ether oxygens (including phenoxy) is 1. The maximum absolute atomic E-state index is 12.6. The van der Waals surface area contributed by atoms with Gasteiger partial charge >= 0.3 is 0 Å². The molecule has 23 heavy (non-hydrogen) atoms. The molecule has 3 nitrogen and oxygen atoms in total. The molecular weight excluding hydrogens is 306 g/mol. The maximum Gasteiger partial charge on any atom is 0.251 e. The van der Waals surface area contributed by atoms with Gasteiger partial charge in [-0.15, -0.1) is 11.3 Å². The molecule has 1 fully saturated rings. The number of aryl methyl sites for hydroxylation is 2. The summed E-state index contributed by atoms with van der Waals surface area (Å²) in [6, 6.07) is 10.2. The fourth-order valence-electron chi connectivity index (χ4n) is 3.27. The second-order valence-corrected chi connectivity index (χ2v) is 7.32. The molecule has 2 heterocycles. The smallest absolute Gasteiger partial charge is 0.251 e. The van der Waals surface area contributed by atoms with Crippen LogP contribution in [0.25, 0.3) is 0 Å². The maximum atomic E-state index is 12.6. The first-order chi connectivity index (χ1) is 11.1. The Bertz CT molecular complexity index is 673. The Morgan fingerprint density at radius 1 is 1.26 bits per heavy atom. The molecule has 1 N–H and O–H groups in total. The van der Waals surface area contributed by atoms with Gasteiger partial charge in [0.25, 0.3) is 5.91 Å². The molecular formula is C19H23NO2S. The normalized spacial score (nSPS) is 17.0. The number of rotatable bonds is 4. The fourth-order valence-corrected chi connectivity index (χ4v) is 4.25. The Kier molecular flexibility index (Phi) is 4.83. The third-order valence-electron chi connectivity index (χ3n) is 4.71. The first-order valence-electron chi connectivity index (χ1n) is 8.08. The van der Waals surface area contributed by atoms with E-state index in [9.17, 15) is 4.79 Å². The van der Waals surface area contributed by atoms with Crippen LogP contribution < -0.4 is 5.32 Å². The summed E-state index contributed by atoms with van der Waals surface area (Å²) in [4.78, 5) is 13.9. The Hall–Kier alpha value is -1.65. The molecule has 2 aromatic rings.